The van der Waals surface area contributed by atoms with Gasteiger partial charge in [-0.25, -0.2) is 10.1 Å². The fourth-order valence-corrected chi connectivity index (χ4v) is 6.60. The zero-order chi connectivity index (χ0) is 21.0. The van der Waals surface area contributed by atoms with Crippen molar-refractivity contribution in [1.82, 2.24) is 15.2 Å². The van der Waals surface area contributed by atoms with E-state index in [1.54, 1.807) is 4.68 Å². The fourth-order valence-electron chi connectivity index (χ4n) is 6.60. The molecule has 1 heterocycles. The molecule has 4 fully saturated rings. The summed E-state index contributed by atoms with van der Waals surface area (Å²) in [5.74, 6) is 2.18. The molecule has 4 aliphatic carbocycles. The summed E-state index contributed by atoms with van der Waals surface area (Å²) in [4.78, 5) is 26.0. The van der Waals surface area contributed by atoms with E-state index in [1.807, 2.05) is 32.9 Å². The predicted molar refractivity (Wildman–Crippen MR) is 117 cm³/mol. The summed E-state index contributed by atoms with van der Waals surface area (Å²) in [5.41, 5.74) is 6.59. The number of carbonyl (C=O) groups excluding carboxylic acids is 1. The van der Waals surface area contributed by atoms with Crippen molar-refractivity contribution in [3.8, 4) is 5.69 Å². The number of aryl methyl sites for hydroxylation is 3. The first kappa shape index (κ1) is 19.3. The summed E-state index contributed by atoms with van der Waals surface area (Å²) < 4.78 is 1.55. The largest absolute Gasteiger partial charge is 0.295 e. The molecule has 1 aromatic heterocycles. The van der Waals surface area contributed by atoms with Crippen molar-refractivity contribution in [2.24, 2.45) is 28.3 Å². The van der Waals surface area contributed by atoms with Crippen LogP contribution in [-0.4, -0.2) is 21.9 Å². The molecule has 4 saturated carbocycles. The van der Waals surface area contributed by atoms with Gasteiger partial charge in [0.05, 0.1) is 22.9 Å². The van der Waals surface area contributed by atoms with Gasteiger partial charge in [-0.05, 0) is 88.7 Å². The predicted octanol–water partition coefficient (Wildman–Crippen LogP) is 3.76. The van der Waals surface area contributed by atoms with Crippen molar-refractivity contribution < 1.29 is 4.79 Å². The normalized spacial score (nSPS) is 29.6. The number of hydrogen-bond donors (Lipinski definition) is 2. The van der Waals surface area contributed by atoms with Crippen LogP contribution in [0.25, 0.3) is 5.69 Å². The number of rotatable bonds is 4. The number of nitrogens with one attached hydrogen (secondary N) is 2. The first-order chi connectivity index (χ1) is 14.3. The van der Waals surface area contributed by atoms with Gasteiger partial charge in [-0.1, -0.05) is 17.7 Å². The average molecular weight is 407 g/mol. The van der Waals surface area contributed by atoms with Crippen LogP contribution in [0.2, 0.25) is 0 Å². The molecule has 6 heteroatoms. The second-order valence-corrected chi connectivity index (χ2v) is 9.98. The molecule has 4 aliphatic rings. The average Bonchev–Trinajstić information content (AvgIpc) is 2.95. The maximum Gasteiger partial charge on any atom is 0.280 e. The van der Waals surface area contributed by atoms with Crippen molar-refractivity contribution in [2.45, 2.75) is 59.3 Å². The third kappa shape index (κ3) is 3.13. The third-order valence-electron chi connectivity index (χ3n) is 7.59. The Balaban J connectivity index is 1.35. The molecule has 1 amide bonds. The molecule has 0 saturated heterocycles. The molecule has 2 aromatic rings. The molecule has 0 spiro atoms. The number of hydrazone groups is 1. The minimum atomic E-state index is -0.238. The number of aromatic nitrogens is 2. The number of aromatic amines is 1. The van der Waals surface area contributed by atoms with Crippen LogP contribution >= 0.6 is 0 Å². The highest BCUT2D eigenvalue weighted by atomic mass is 16.2. The Morgan fingerprint density at radius 3 is 2.37 bits per heavy atom. The standard InChI is InChI=1S/C24H30N4O2/c1-14-4-5-21(15(2)6-14)28-22(29)20(16(3)27-28)13-25-26-23(30)24-10-17-7-18(11-24)9-19(8-17)12-24/h4-6,13,17-19,27H,7-12H2,1-3H3,(H,26,30)/b25-13-. The Morgan fingerprint density at radius 2 is 1.77 bits per heavy atom. The molecule has 0 unspecified atom stereocenters. The van der Waals surface area contributed by atoms with E-state index in [1.165, 1.54) is 25.5 Å². The van der Waals surface area contributed by atoms with Gasteiger partial charge in [-0.3, -0.25) is 14.7 Å². The van der Waals surface area contributed by atoms with E-state index < -0.39 is 0 Å². The van der Waals surface area contributed by atoms with E-state index in [-0.39, 0.29) is 16.9 Å². The highest BCUT2D eigenvalue weighted by Gasteiger charge is 2.54. The molecule has 30 heavy (non-hydrogen) atoms. The lowest BCUT2D eigenvalue weighted by Gasteiger charge is -2.55. The molecule has 0 radical (unpaired) electrons. The van der Waals surface area contributed by atoms with Gasteiger partial charge in [0, 0.05) is 5.69 Å². The minimum Gasteiger partial charge on any atom is -0.295 e. The summed E-state index contributed by atoms with van der Waals surface area (Å²) in [5, 5.41) is 7.34. The lowest BCUT2D eigenvalue weighted by molar-refractivity contribution is -0.146. The molecule has 6 rings (SSSR count). The van der Waals surface area contributed by atoms with Crippen molar-refractivity contribution in [3.63, 3.8) is 0 Å². The molecule has 0 atom stereocenters. The van der Waals surface area contributed by atoms with E-state index >= 15 is 0 Å². The smallest absolute Gasteiger partial charge is 0.280 e. The van der Waals surface area contributed by atoms with Gasteiger partial charge in [-0.2, -0.15) is 5.10 Å². The number of carbonyl (C=O) groups is 1. The molecule has 158 valence electrons. The molecular formula is C24H30N4O2. The quantitative estimate of drug-likeness (QED) is 0.599. The second-order valence-electron chi connectivity index (χ2n) is 9.98. The summed E-state index contributed by atoms with van der Waals surface area (Å²) in [6, 6.07) is 5.99. The Morgan fingerprint density at radius 1 is 1.13 bits per heavy atom. The zero-order valence-electron chi connectivity index (χ0n) is 18.0. The van der Waals surface area contributed by atoms with Crippen molar-refractivity contribution in [3.05, 3.63) is 50.9 Å². The van der Waals surface area contributed by atoms with E-state index in [0.29, 0.717) is 23.3 Å². The lowest BCUT2D eigenvalue weighted by Crippen LogP contribution is -2.52. The molecule has 0 aliphatic heterocycles. The van der Waals surface area contributed by atoms with Crippen LogP contribution in [0.4, 0.5) is 0 Å². The van der Waals surface area contributed by atoms with Crippen molar-refractivity contribution in [2.75, 3.05) is 0 Å². The monoisotopic (exact) mass is 406 g/mol. The van der Waals surface area contributed by atoms with Crippen LogP contribution in [0, 0.1) is 43.9 Å². The van der Waals surface area contributed by atoms with Gasteiger partial charge in [-0.15, -0.1) is 0 Å². The summed E-state index contributed by atoms with van der Waals surface area (Å²) in [6.45, 7) is 5.87. The van der Waals surface area contributed by atoms with Crippen LogP contribution < -0.4 is 11.0 Å². The number of benzene rings is 1. The van der Waals surface area contributed by atoms with Crippen LogP contribution in [0.1, 0.15) is 60.9 Å². The molecule has 1 aromatic carbocycles. The third-order valence-corrected chi connectivity index (χ3v) is 7.59. The van der Waals surface area contributed by atoms with E-state index in [9.17, 15) is 9.59 Å². The van der Waals surface area contributed by atoms with Gasteiger partial charge in [0.1, 0.15) is 0 Å². The van der Waals surface area contributed by atoms with Crippen LogP contribution in [0.3, 0.4) is 0 Å². The van der Waals surface area contributed by atoms with Crippen molar-refractivity contribution >= 4 is 12.1 Å². The van der Waals surface area contributed by atoms with Gasteiger partial charge in [0.25, 0.3) is 5.56 Å². The highest BCUT2D eigenvalue weighted by Crippen LogP contribution is 2.60. The Labute approximate surface area is 176 Å². The van der Waals surface area contributed by atoms with Crippen LogP contribution in [0.15, 0.2) is 28.1 Å². The van der Waals surface area contributed by atoms with Gasteiger partial charge >= 0.3 is 0 Å². The first-order valence-electron chi connectivity index (χ1n) is 11.1. The van der Waals surface area contributed by atoms with Gasteiger partial charge < -0.3 is 0 Å². The number of hydrogen-bond acceptors (Lipinski definition) is 3. The van der Waals surface area contributed by atoms with E-state index in [2.05, 4.69) is 21.7 Å². The Hall–Kier alpha value is -2.63. The van der Waals surface area contributed by atoms with Gasteiger partial charge in [0.2, 0.25) is 5.91 Å². The van der Waals surface area contributed by atoms with Crippen LogP contribution in [-0.2, 0) is 4.79 Å². The van der Waals surface area contributed by atoms with E-state index in [4.69, 9.17) is 0 Å². The highest BCUT2D eigenvalue weighted by molar-refractivity contribution is 5.86. The van der Waals surface area contributed by atoms with Crippen LogP contribution in [0.5, 0.6) is 0 Å². The molecular weight excluding hydrogens is 376 g/mol. The SMILES string of the molecule is Cc1ccc(-n2[nH]c(C)c(/C=N\NC(=O)C34CC5CC(CC(C5)C3)C4)c2=O)c(C)c1. The lowest BCUT2D eigenvalue weighted by atomic mass is 9.49. The summed E-state index contributed by atoms with van der Waals surface area (Å²) in [6.07, 6.45) is 8.41. The second kappa shape index (κ2) is 6.96. The van der Waals surface area contributed by atoms with Gasteiger partial charge in [0.15, 0.2) is 0 Å². The van der Waals surface area contributed by atoms with E-state index in [0.717, 1.165) is 41.8 Å². The number of nitrogens with zero attached hydrogens (tertiary/aromatic N) is 2. The molecule has 2 N–H and O–H groups in total. The summed E-state index contributed by atoms with van der Waals surface area (Å²) in [7, 11) is 0. The first-order valence-corrected chi connectivity index (χ1v) is 11.1. The summed E-state index contributed by atoms with van der Waals surface area (Å²) >= 11 is 0. The Kier molecular flexibility index (Phi) is 4.49. The molecule has 6 nitrogen and oxygen atoms in total. The number of amides is 1. The van der Waals surface area contributed by atoms with Crippen molar-refractivity contribution in [1.29, 1.82) is 0 Å². The fraction of sp³-hybridized carbons (Fsp3) is 0.542. The Bertz CT molecular complexity index is 1060. The molecule has 4 bridgehead atoms. The minimum absolute atomic E-state index is 0.0424. The maximum absolute atomic E-state index is 13.0. The number of H-pyrrole nitrogens is 1. The zero-order valence-corrected chi connectivity index (χ0v) is 18.0. The maximum atomic E-state index is 13.0. The topological polar surface area (TPSA) is 79.2 Å².